The van der Waals surface area contributed by atoms with Crippen molar-refractivity contribution in [3.63, 3.8) is 0 Å². The number of halogens is 1. The normalized spacial score (nSPS) is 10.7. The molecule has 0 unspecified atom stereocenters. The number of carbonyl (C=O) groups is 1. The highest BCUT2D eigenvalue weighted by Crippen LogP contribution is 2.37. The SMILES string of the molecule is COc1cc2nccc(Oc3ccc(Nc4nn(C)cc4C(=O)Nc4ccccc4)cc3F)c2cc1OC. The van der Waals surface area contributed by atoms with Gasteiger partial charge in [-0.3, -0.25) is 14.5 Å². The highest BCUT2D eigenvalue weighted by molar-refractivity contribution is 6.07. The summed E-state index contributed by atoms with van der Waals surface area (Å²) in [4.78, 5) is 17.2. The van der Waals surface area contributed by atoms with Crippen LogP contribution in [-0.4, -0.2) is 34.9 Å². The van der Waals surface area contributed by atoms with Gasteiger partial charge in [0, 0.05) is 48.3 Å². The standard InChI is InChI=1S/C28H24FN5O4/c1-34-16-20(28(35)32-17-7-5-4-6-8-17)27(33-34)31-18-9-10-24(21(29)13-18)38-23-11-12-30-22-15-26(37-3)25(36-2)14-19(22)23/h4-16H,1-3H3,(H,31,33)(H,32,35). The van der Waals surface area contributed by atoms with E-state index in [1.807, 2.05) is 18.2 Å². The van der Waals surface area contributed by atoms with Gasteiger partial charge in [-0.2, -0.15) is 5.10 Å². The van der Waals surface area contributed by atoms with Crippen LogP contribution in [0.3, 0.4) is 0 Å². The van der Waals surface area contributed by atoms with Gasteiger partial charge in [0.2, 0.25) is 0 Å². The average Bonchev–Trinajstić information content (AvgIpc) is 3.30. The Balaban J connectivity index is 1.38. The molecule has 2 aromatic heterocycles. The van der Waals surface area contributed by atoms with E-state index in [-0.39, 0.29) is 17.5 Å². The molecule has 9 nitrogen and oxygen atoms in total. The third-order valence-electron chi connectivity index (χ3n) is 5.73. The third kappa shape index (κ3) is 5.05. The van der Waals surface area contributed by atoms with Gasteiger partial charge in [0.05, 0.1) is 19.7 Å². The first-order valence-corrected chi connectivity index (χ1v) is 11.6. The molecular weight excluding hydrogens is 489 g/mol. The van der Waals surface area contributed by atoms with Crippen LogP contribution in [0.2, 0.25) is 0 Å². The van der Waals surface area contributed by atoms with Crippen LogP contribution in [-0.2, 0) is 7.05 Å². The molecule has 0 atom stereocenters. The van der Waals surface area contributed by atoms with Gasteiger partial charge >= 0.3 is 0 Å². The van der Waals surface area contributed by atoms with Gasteiger partial charge in [-0.05, 0) is 36.4 Å². The minimum Gasteiger partial charge on any atom is -0.493 e. The van der Waals surface area contributed by atoms with Gasteiger partial charge < -0.3 is 24.8 Å². The zero-order chi connectivity index (χ0) is 26.6. The summed E-state index contributed by atoms with van der Waals surface area (Å²) in [5, 5.41) is 10.8. The van der Waals surface area contributed by atoms with Gasteiger partial charge in [-0.15, -0.1) is 0 Å². The minimum atomic E-state index is -0.605. The lowest BCUT2D eigenvalue weighted by Crippen LogP contribution is -2.12. The number of aromatic nitrogens is 3. The number of pyridine rings is 1. The number of ether oxygens (including phenoxy) is 3. The smallest absolute Gasteiger partial charge is 0.261 e. The fraction of sp³-hybridized carbons (Fsp3) is 0.107. The number of nitrogens with zero attached hydrogens (tertiary/aromatic N) is 3. The van der Waals surface area contributed by atoms with Crippen LogP contribution in [0, 0.1) is 5.82 Å². The van der Waals surface area contributed by atoms with E-state index in [0.717, 1.165) is 0 Å². The van der Waals surface area contributed by atoms with Gasteiger partial charge in [0.25, 0.3) is 5.91 Å². The van der Waals surface area contributed by atoms with Crippen LogP contribution in [0.5, 0.6) is 23.0 Å². The lowest BCUT2D eigenvalue weighted by molar-refractivity contribution is 0.102. The molecule has 0 spiro atoms. The number of rotatable bonds is 8. The van der Waals surface area contributed by atoms with Crippen molar-refractivity contribution in [1.29, 1.82) is 0 Å². The molecule has 1 amide bonds. The molecule has 0 radical (unpaired) electrons. The highest BCUT2D eigenvalue weighted by atomic mass is 19.1. The third-order valence-corrected chi connectivity index (χ3v) is 5.73. The number of aryl methyl sites for hydroxylation is 1. The summed E-state index contributed by atoms with van der Waals surface area (Å²) in [5.41, 5.74) is 1.97. The Kier molecular flexibility index (Phi) is 6.77. The van der Waals surface area contributed by atoms with Crippen LogP contribution in [0.15, 0.2) is 79.1 Å². The number of hydrogen-bond donors (Lipinski definition) is 2. The second-order valence-corrected chi connectivity index (χ2v) is 8.29. The largest absolute Gasteiger partial charge is 0.493 e. The first-order valence-electron chi connectivity index (χ1n) is 11.6. The first-order chi connectivity index (χ1) is 18.4. The molecule has 10 heteroatoms. The molecule has 5 aromatic rings. The lowest BCUT2D eigenvalue weighted by atomic mass is 10.1. The van der Waals surface area contributed by atoms with Crippen molar-refractivity contribution < 1.29 is 23.4 Å². The van der Waals surface area contributed by atoms with E-state index in [1.54, 1.807) is 62.9 Å². The molecule has 0 aliphatic carbocycles. The molecule has 0 saturated heterocycles. The van der Waals surface area contributed by atoms with Crippen LogP contribution in [0.25, 0.3) is 10.9 Å². The van der Waals surface area contributed by atoms with E-state index in [0.29, 0.717) is 45.1 Å². The second-order valence-electron chi connectivity index (χ2n) is 8.29. The van der Waals surface area contributed by atoms with Crippen molar-refractivity contribution in [3.8, 4) is 23.0 Å². The molecule has 2 heterocycles. The Bertz CT molecular complexity index is 1620. The number of methoxy groups -OCH3 is 2. The van der Waals surface area contributed by atoms with Crippen LogP contribution >= 0.6 is 0 Å². The Morgan fingerprint density at radius 2 is 1.66 bits per heavy atom. The summed E-state index contributed by atoms with van der Waals surface area (Å²) < 4.78 is 33.3. The Morgan fingerprint density at radius 3 is 2.39 bits per heavy atom. The van der Waals surface area contributed by atoms with Crippen molar-refractivity contribution in [2.75, 3.05) is 24.9 Å². The number of anilines is 3. The Hall–Kier alpha value is -5.12. The predicted octanol–water partition coefficient (Wildman–Crippen LogP) is 5.91. The van der Waals surface area contributed by atoms with E-state index in [9.17, 15) is 4.79 Å². The Morgan fingerprint density at radius 1 is 0.895 bits per heavy atom. The first kappa shape index (κ1) is 24.6. The average molecular weight is 514 g/mol. The second kappa shape index (κ2) is 10.5. The zero-order valence-electron chi connectivity index (χ0n) is 20.9. The number of para-hydroxylation sites is 1. The molecule has 3 aromatic carbocycles. The van der Waals surface area contributed by atoms with Crippen LogP contribution < -0.4 is 24.8 Å². The van der Waals surface area contributed by atoms with E-state index < -0.39 is 5.82 Å². The van der Waals surface area contributed by atoms with Crippen molar-refractivity contribution in [3.05, 3.63) is 90.5 Å². The number of benzene rings is 3. The fourth-order valence-corrected chi connectivity index (χ4v) is 3.92. The molecule has 0 bridgehead atoms. The summed E-state index contributed by atoms with van der Waals surface area (Å²) in [6.07, 6.45) is 3.16. The summed E-state index contributed by atoms with van der Waals surface area (Å²) in [5.74, 6) is 0.782. The molecule has 38 heavy (non-hydrogen) atoms. The molecule has 0 saturated carbocycles. The maximum absolute atomic E-state index is 15.1. The van der Waals surface area contributed by atoms with Crippen LogP contribution in [0.4, 0.5) is 21.6 Å². The van der Waals surface area contributed by atoms with Gasteiger partial charge in [0.15, 0.2) is 28.9 Å². The number of amides is 1. The zero-order valence-corrected chi connectivity index (χ0v) is 20.9. The Labute approximate surface area is 217 Å². The molecule has 0 fully saturated rings. The monoisotopic (exact) mass is 513 g/mol. The maximum Gasteiger partial charge on any atom is 0.261 e. The van der Waals surface area contributed by atoms with Gasteiger partial charge in [0.1, 0.15) is 11.3 Å². The van der Waals surface area contributed by atoms with Gasteiger partial charge in [-0.1, -0.05) is 18.2 Å². The van der Waals surface area contributed by atoms with Gasteiger partial charge in [-0.25, -0.2) is 4.39 Å². The minimum absolute atomic E-state index is 0.0147. The van der Waals surface area contributed by atoms with E-state index in [4.69, 9.17) is 14.2 Å². The quantitative estimate of drug-likeness (QED) is 0.266. The maximum atomic E-state index is 15.1. The molecule has 2 N–H and O–H groups in total. The number of nitrogens with one attached hydrogen (secondary N) is 2. The highest BCUT2D eigenvalue weighted by Gasteiger charge is 2.18. The number of hydrogen-bond acceptors (Lipinski definition) is 7. The van der Waals surface area contributed by atoms with E-state index in [2.05, 4.69) is 20.7 Å². The van der Waals surface area contributed by atoms with E-state index in [1.165, 1.54) is 23.9 Å². The number of carbonyl (C=O) groups excluding carboxylic acids is 1. The molecule has 0 aliphatic rings. The van der Waals surface area contributed by atoms with Crippen molar-refractivity contribution in [1.82, 2.24) is 14.8 Å². The van der Waals surface area contributed by atoms with Crippen molar-refractivity contribution in [2.45, 2.75) is 0 Å². The summed E-state index contributed by atoms with van der Waals surface area (Å²) in [6, 6.07) is 18.6. The predicted molar refractivity (Wildman–Crippen MR) is 142 cm³/mol. The summed E-state index contributed by atoms with van der Waals surface area (Å²) in [6.45, 7) is 0. The van der Waals surface area contributed by atoms with Crippen molar-refractivity contribution in [2.24, 2.45) is 7.05 Å². The summed E-state index contributed by atoms with van der Waals surface area (Å²) in [7, 11) is 4.77. The lowest BCUT2D eigenvalue weighted by Gasteiger charge is -2.13. The topological polar surface area (TPSA) is 99.5 Å². The molecule has 192 valence electrons. The van der Waals surface area contributed by atoms with E-state index >= 15 is 4.39 Å². The van der Waals surface area contributed by atoms with Crippen LogP contribution in [0.1, 0.15) is 10.4 Å². The molecule has 0 aliphatic heterocycles. The van der Waals surface area contributed by atoms with Crippen molar-refractivity contribution >= 4 is 34.0 Å². The summed E-state index contributed by atoms with van der Waals surface area (Å²) >= 11 is 0. The fourth-order valence-electron chi connectivity index (χ4n) is 3.92. The molecule has 5 rings (SSSR count). The molecular formula is C28H24FN5O4. The number of fused-ring (bicyclic) bond motifs is 1.